The van der Waals surface area contributed by atoms with E-state index in [2.05, 4.69) is 11.9 Å². The minimum absolute atomic E-state index is 0.480. The highest BCUT2D eigenvalue weighted by atomic mass is 35.5. The number of benzene rings is 1. The molecule has 116 valence electrons. The van der Waals surface area contributed by atoms with Gasteiger partial charge in [0, 0.05) is 28.0 Å². The predicted octanol–water partition coefficient (Wildman–Crippen LogP) is 5.70. The first-order valence-corrected chi connectivity index (χ1v) is 8.11. The number of aromatic nitrogens is 1. The summed E-state index contributed by atoms with van der Waals surface area (Å²) in [4.78, 5) is 4.11. The average Bonchev–Trinajstić information content (AvgIpc) is 2.52. The summed E-state index contributed by atoms with van der Waals surface area (Å²) in [5, 5.41) is 11.8. The fourth-order valence-electron chi connectivity index (χ4n) is 2.27. The van der Waals surface area contributed by atoms with Crippen molar-refractivity contribution in [2.45, 2.75) is 32.3 Å². The summed E-state index contributed by atoms with van der Waals surface area (Å²) < 4.78 is 0. The summed E-state index contributed by atoms with van der Waals surface area (Å²) in [6.45, 7) is 2.13. The molecule has 1 N–H and O–H groups in total. The SMILES string of the molecule is CCCC/C(=C\c1cccnc1)C(O)c1ccc(Cl)cc1Cl. The average molecular weight is 336 g/mol. The van der Waals surface area contributed by atoms with E-state index >= 15 is 0 Å². The van der Waals surface area contributed by atoms with Gasteiger partial charge in [0.2, 0.25) is 0 Å². The van der Waals surface area contributed by atoms with Crippen LogP contribution in [0.4, 0.5) is 0 Å². The molecule has 0 saturated carbocycles. The van der Waals surface area contributed by atoms with Crippen molar-refractivity contribution in [2.24, 2.45) is 0 Å². The van der Waals surface area contributed by atoms with Crippen molar-refractivity contribution >= 4 is 29.3 Å². The highest BCUT2D eigenvalue weighted by molar-refractivity contribution is 6.35. The van der Waals surface area contributed by atoms with Gasteiger partial charge in [0.05, 0.1) is 0 Å². The zero-order valence-corrected chi connectivity index (χ0v) is 14.0. The van der Waals surface area contributed by atoms with E-state index in [9.17, 15) is 5.11 Å². The van der Waals surface area contributed by atoms with Gasteiger partial charge in [-0.3, -0.25) is 4.98 Å². The number of rotatable bonds is 6. The van der Waals surface area contributed by atoms with Crippen molar-refractivity contribution in [1.82, 2.24) is 4.98 Å². The second-order valence-electron chi connectivity index (χ2n) is 5.18. The van der Waals surface area contributed by atoms with Crippen LogP contribution in [0.3, 0.4) is 0 Å². The summed E-state index contributed by atoms with van der Waals surface area (Å²) in [5.41, 5.74) is 2.58. The van der Waals surface area contributed by atoms with Crippen LogP contribution in [0, 0.1) is 0 Å². The van der Waals surface area contributed by atoms with Crippen LogP contribution < -0.4 is 0 Å². The van der Waals surface area contributed by atoms with Crippen LogP contribution in [0.15, 0.2) is 48.3 Å². The Balaban J connectivity index is 2.33. The lowest BCUT2D eigenvalue weighted by Gasteiger charge is -2.17. The summed E-state index contributed by atoms with van der Waals surface area (Å²) in [5.74, 6) is 0. The maximum Gasteiger partial charge on any atom is 0.102 e. The van der Waals surface area contributed by atoms with Crippen molar-refractivity contribution in [1.29, 1.82) is 0 Å². The van der Waals surface area contributed by atoms with E-state index in [1.807, 2.05) is 18.2 Å². The molecule has 0 aliphatic rings. The minimum Gasteiger partial charge on any atom is -0.384 e. The molecule has 1 heterocycles. The van der Waals surface area contributed by atoms with Crippen LogP contribution in [0.25, 0.3) is 6.08 Å². The molecule has 2 rings (SSSR count). The predicted molar refractivity (Wildman–Crippen MR) is 93.2 cm³/mol. The number of unbranched alkanes of at least 4 members (excludes halogenated alkanes) is 1. The Morgan fingerprint density at radius 2 is 2.14 bits per heavy atom. The van der Waals surface area contributed by atoms with E-state index in [4.69, 9.17) is 23.2 Å². The monoisotopic (exact) mass is 335 g/mol. The smallest absolute Gasteiger partial charge is 0.102 e. The fraction of sp³-hybridized carbons (Fsp3) is 0.278. The molecule has 1 aromatic heterocycles. The standard InChI is InChI=1S/C18H19Cl2NO/c1-2-3-6-14(10-13-5-4-9-21-12-13)18(22)16-8-7-15(19)11-17(16)20/h4-5,7-12,18,22H,2-3,6H2,1H3/b14-10+. The number of hydrogen-bond donors (Lipinski definition) is 1. The van der Waals surface area contributed by atoms with E-state index in [-0.39, 0.29) is 0 Å². The third-order valence-electron chi connectivity index (χ3n) is 3.46. The first-order valence-electron chi connectivity index (χ1n) is 7.35. The molecule has 1 unspecified atom stereocenters. The summed E-state index contributed by atoms with van der Waals surface area (Å²) in [6, 6.07) is 9.02. The van der Waals surface area contributed by atoms with Gasteiger partial charge in [0.1, 0.15) is 6.10 Å². The number of aliphatic hydroxyl groups is 1. The van der Waals surface area contributed by atoms with Gasteiger partial charge in [-0.2, -0.15) is 0 Å². The van der Waals surface area contributed by atoms with Gasteiger partial charge in [-0.25, -0.2) is 0 Å². The summed E-state index contributed by atoms with van der Waals surface area (Å²) in [7, 11) is 0. The Bertz CT molecular complexity index is 641. The van der Waals surface area contributed by atoms with Crippen LogP contribution in [0.1, 0.15) is 43.4 Å². The molecule has 22 heavy (non-hydrogen) atoms. The normalized spacial score (nSPS) is 13.2. The van der Waals surface area contributed by atoms with Gasteiger partial charge < -0.3 is 5.11 Å². The molecular weight excluding hydrogens is 317 g/mol. The van der Waals surface area contributed by atoms with E-state index in [0.29, 0.717) is 15.6 Å². The molecule has 0 radical (unpaired) electrons. The third-order valence-corrected chi connectivity index (χ3v) is 4.03. The van der Waals surface area contributed by atoms with Crippen molar-refractivity contribution in [3.8, 4) is 0 Å². The lowest BCUT2D eigenvalue weighted by atomic mass is 9.95. The Labute approximate surface area is 141 Å². The lowest BCUT2D eigenvalue weighted by Crippen LogP contribution is -2.03. The van der Waals surface area contributed by atoms with Gasteiger partial charge in [-0.05, 0) is 42.2 Å². The summed E-state index contributed by atoms with van der Waals surface area (Å²) in [6.07, 6.45) is 7.64. The zero-order valence-electron chi connectivity index (χ0n) is 12.5. The van der Waals surface area contributed by atoms with Gasteiger partial charge in [-0.1, -0.05) is 54.8 Å². The van der Waals surface area contributed by atoms with E-state index < -0.39 is 6.10 Å². The van der Waals surface area contributed by atoms with E-state index in [0.717, 1.165) is 30.4 Å². The molecule has 2 nitrogen and oxygen atoms in total. The third kappa shape index (κ3) is 4.57. The number of halogens is 2. The van der Waals surface area contributed by atoms with Gasteiger partial charge in [-0.15, -0.1) is 0 Å². The molecular formula is C18H19Cl2NO. The van der Waals surface area contributed by atoms with Gasteiger partial charge in [0.25, 0.3) is 0 Å². The second kappa shape index (κ2) is 8.33. The lowest BCUT2D eigenvalue weighted by molar-refractivity contribution is 0.212. The molecule has 0 saturated heterocycles. The molecule has 4 heteroatoms. The van der Waals surface area contributed by atoms with Crippen molar-refractivity contribution < 1.29 is 5.11 Å². The molecule has 0 spiro atoms. The summed E-state index contributed by atoms with van der Waals surface area (Å²) >= 11 is 12.1. The van der Waals surface area contributed by atoms with Crippen LogP contribution >= 0.6 is 23.2 Å². The molecule has 0 fully saturated rings. The number of hydrogen-bond acceptors (Lipinski definition) is 2. The van der Waals surface area contributed by atoms with Crippen LogP contribution in [-0.4, -0.2) is 10.1 Å². The van der Waals surface area contributed by atoms with Crippen LogP contribution in [0.2, 0.25) is 10.0 Å². The van der Waals surface area contributed by atoms with Gasteiger partial charge in [0.15, 0.2) is 0 Å². The first kappa shape index (κ1) is 17.0. The molecule has 1 atom stereocenters. The molecule has 0 aliphatic heterocycles. The highest BCUT2D eigenvalue weighted by Crippen LogP contribution is 2.33. The van der Waals surface area contributed by atoms with Gasteiger partial charge >= 0.3 is 0 Å². The van der Waals surface area contributed by atoms with Crippen molar-refractivity contribution in [3.05, 3.63) is 69.5 Å². The van der Waals surface area contributed by atoms with Crippen LogP contribution in [0.5, 0.6) is 0 Å². The number of aliphatic hydroxyl groups excluding tert-OH is 1. The van der Waals surface area contributed by atoms with E-state index in [1.165, 1.54) is 0 Å². The number of pyridine rings is 1. The molecule has 0 bridgehead atoms. The molecule has 0 aliphatic carbocycles. The molecule has 1 aromatic carbocycles. The molecule has 0 amide bonds. The highest BCUT2D eigenvalue weighted by Gasteiger charge is 2.16. The first-order chi connectivity index (χ1) is 10.6. The Morgan fingerprint density at radius 1 is 1.32 bits per heavy atom. The topological polar surface area (TPSA) is 33.1 Å². The Morgan fingerprint density at radius 3 is 2.77 bits per heavy atom. The number of nitrogens with zero attached hydrogens (tertiary/aromatic N) is 1. The van der Waals surface area contributed by atoms with Crippen molar-refractivity contribution in [3.63, 3.8) is 0 Å². The Hall–Kier alpha value is -1.35. The van der Waals surface area contributed by atoms with Crippen molar-refractivity contribution in [2.75, 3.05) is 0 Å². The quantitative estimate of drug-likeness (QED) is 0.734. The largest absolute Gasteiger partial charge is 0.384 e. The van der Waals surface area contributed by atoms with E-state index in [1.54, 1.807) is 30.6 Å². The second-order valence-corrected chi connectivity index (χ2v) is 6.02. The molecule has 2 aromatic rings. The van der Waals surface area contributed by atoms with Crippen LogP contribution in [-0.2, 0) is 0 Å². The fourth-order valence-corrected chi connectivity index (χ4v) is 2.78. The maximum absolute atomic E-state index is 10.7. The minimum atomic E-state index is -0.739. The maximum atomic E-state index is 10.7. The Kier molecular flexibility index (Phi) is 6.44. The zero-order chi connectivity index (χ0) is 15.9.